The van der Waals surface area contributed by atoms with E-state index in [1.54, 1.807) is 12.1 Å². The van der Waals surface area contributed by atoms with Crippen LogP contribution in [0.3, 0.4) is 0 Å². The molecule has 52 heavy (non-hydrogen) atoms. The fraction of sp³-hybridized carbons (Fsp3) is 0.0526. The van der Waals surface area contributed by atoms with Gasteiger partial charge in [0.25, 0.3) is 11.4 Å². The van der Waals surface area contributed by atoms with Crippen molar-refractivity contribution in [3.8, 4) is 56.6 Å². The van der Waals surface area contributed by atoms with Crippen molar-refractivity contribution in [3.05, 3.63) is 150 Å². The molecule has 0 spiro atoms. The lowest BCUT2D eigenvalue weighted by atomic mass is 9.89. The quantitative estimate of drug-likeness (QED) is 0.0780. The summed E-state index contributed by atoms with van der Waals surface area (Å²) in [6.45, 7) is 15.6. The van der Waals surface area contributed by atoms with E-state index in [4.69, 9.17) is 13.1 Å². The van der Waals surface area contributed by atoms with E-state index in [9.17, 15) is 54.4 Å². The van der Waals surface area contributed by atoms with Gasteiger partial charge in [0.15, 0.2) is 46.5 Å². The van der Waals surface area contributed by atoms with E-state index in [1.165, 1.54) is 12.1 Å². The minimum atomic E-state index is -2.38. The molecule has 0 saturated heterocycles. The van der Waals surface area contributed by atoms with E-state index >= 15 is 0 Å². The zero-order chi connectivity index (χ0) is 37.5. The van der Waals surface area contributed by atoms with Crippen LogP contribution >= 0.6 is 0 Å². The topological polar surface area (TPSA) is 56.3 Å². The maximum Gasteiger partial charge on any atom is 0.269 e. The minimum absolute atomic E-state index is 0.0474. The maximum absolute atomic E-state index is 14.9. The van der Waals surface area contributed by atoms with Crippen molar-refractivity contribution in [2.75, 3.05) is 0 Å². The zero-order valence-electron chi connectivity index (χ0n) is 25.4. The molecule has 7 rings (SSSR count). The Hall–Kier alpha value is -6.90. The summed E-state index contributed by atoms with van der Waals surface area (Å²) in [5, 5.41) is 20.0. The Labute approximate surface area is 285 Å². The van der Waals surface area contributed by atoms with Crippen LogP contribution < -0.4 is 10.4 Å². The molecule has 0 atom stereocenters. The smallest absolute Gasteiger partial charge is 0.226 e. The summed E-state index contributed by atoms with van der Waals surface area (Å²) in [5.41, 5.74) is -3.34. The lowest BCUT2D eigenvalue weighted by Crippen LogP contribution is -2.25. The van der Waals surface area contributed by atoms with E-state index in [0.717, 1.165) is 24.3 Å². The highest BCUT2D eigenvalue weighted by atomic mass is 19.2. The third kappa shape index (κ3) is 4.44. The molecule has 5 aromatic carbocycles. The Balaban J connectivity index is 1.61. The van der Waals surface area contributed by atoms with Crippen LogP contribution in [0.5, 0.6) is 0 Å². The van der Waals surface area contributed by atoms with Gasteiger partial charge >= 0.3 is 0 Å². The molecule has 0 amide bonds. The Kier molecular flexibility index (Phi) is 7.66. The average Bonchev–Trinajstić information content (AvgIpc) is 3.71. The summed E-state index contributed by atoms with van der Waals surface area (Å²) >= 11 is 0. The molecule has 4 nitrogen and oxygen atoms in total. The number of fused-ring (bicyclic) bond motifs is 6. The second kappa shape index (κ2) is 11.9. The van der Waals surface area contributed by atoms with E-state index in [-0.39, 0.29) is 56.7 Å². The third-order valence-electron chi connectivity index (χ3n) is 9.11. The predicted molar refractivity (Wildman–Crippen MR) is 164 cm³/mol. The van der Waals surface area contributed by atoms with Crippen molar-refractivity contribution in [2.45, 2.75) is 12.8 Å². The zero-order valence-corrected chi connectivity index (χ0v) is 25.4. The van der Waals surface area contributed by atoms with Gasteiger partial charge in [0, 0.05) is 10.4 Å². The second-order valence-electron chi connectivity index (χ2n) is 11.6. The lowest BCUT2D eigenvalue weighted by Gasteiger charge is -2.15. The van der Waals surface area contributed by atoms with Gasteiger partial charge in [-0.15, -0.1) is 0 Å². The number of halogens is 10. The molecule has 0 unspecified atom stereocenters. The number of rotatable bonds is 2. The molecule has 0 aromatic heterocycles. The first-order chi connectivity index (χ1) is 24.8. The summed E-state index contributed by atoms with van der Waals surface area (Å²) < 4.78 is 144. The maximum atomic E-state index is 14.9. The summed E-state index contributed by atoms with van der Waals surface area (Å²) in [7, 11) is 0. The van der Waals surface area contributed by atoms with E-state index in [0.29, 0.717) is 11.1 Å². The molecule has 0 radical (unpaired) electrons. The number of benzene rings is 5. The Morgan fingerprint density at radius 3 is 1.08 bits per heavy atom. The van der Waals surface area contributed by atoms with Gasteiger partial charge in [0.2, 0.25) is 11.6 Å². The molecular weight excluding hydrogens is 702 g/mol. The van der Waals surface area contributed by atoms with Crippen LogP contribution in [-0.4, -0.2) is 0 Å². The molecule has 0 bridgehead atoms. The number of nitriles is 2. The molecule has 0 fully saturated rings. The minimum Gasteiger partial charge on any atom is -0.226 e. The van der Waals surface area contributed by atoms with Gasteiger partial charge in [-0.3, -0.25) is 0 Å². The molecule has 2 aliphatic carbocycles. The van der Waals surface area contributed by atoms with Gasteiger partial charge in [-0.2, -0.15) is 0 Å². The van der Waals surface area contributed by atoms with Gasteiger partial charge < -0.3 is 0 Å². The highest BCUT2D eigenvalue weighted by Crippen LogP contribution is 2.44. The van der Waals surface area contributed by atoms with E-state index in [2.05, 4.69) is 9.69 Å². The molecule has 252 valence electrons. The van der Waals surface area contributed by atoms with Crippen LogP contribution in [0.4, 0.5) is 43.9 Å². The normalized spacial score (nSPS) is 13.2. The summed E-state index contributed by atoms with van der Waals surface area (Å²) in [6.07, 6.45) is -0.302. The fourth-order valence-corrected chi connectivity index (χ4v) is 6.93. The number of nitrogens with zero attached hydrogens (tertiary/aromatic N) is 4. The van der Waals surface area contributed by atoms with Crippen LogP contribution in [0.15, 0.2) is 36.4 Å². The Morgan fingerprint density at radius 2 is 0.788 bits per heavy atom. The van der Waals surface area contributed by atoms with Crippen LogP contribution in [0.25, 0.3) is 65.6 Å². The molecule has 0 aliphatic heterocycles. The molecule has 2 aliphatic rings. The van der Waals surface area contributed by atoms with Gasteiger partial charge in [-0.05, 0) is 80.6 Å². The monoisotopic (exact) mass is 712 g/mol. The molecule has 14 heteroatoms. The Bertz CT molecular complexity index is 2570. The number of hydrogen-bond donors (Lipinski definition) is 0. The fourth-order valence-electron chi connectivity index (χ4n) is 6.93. The SMILES string of the molecule is [C-]#[N+]/C(C#N)=c1/c2c(/c(=C(\C#N)[N+]#[C-])c3c1-c1cc(-c4c(F)c(F)c(F)c(F)c4F)ccc1C3)-c1cc(-c3c(F)c(F)c(F)c(F)c3F)ccc1C2. The molecule has 0 N–H and O–H groups in total. The molecular formula is C38H10F10N4. The summed E-state index contributed by atoms with van der Waals surface area (Å²) in [4.78, 5) is 6.67. The number of hydrogen-bond acceptors (Lipinski definition) is 2. The van der Waals surface area contributed by atoms with Crippen LogP contribution in [0, 0.1) is 94.0 Å². The van der Waals surface area contributed by atoms with Crippen molar-refractivity contribution in [1.29, 1.82) is 10.5 Å². The van der Waals surface area contributed by atoms with Gasteiger partial charge in [0.05, 0.1) is 36.4 Å². The standard InChI is InChI=1S/C38H10F10N4/c1-51-21(11-49)27-19-7-13-3-5-16(24-31(41)35(45)38(48)36(46)32(24)42)10-18(13)26(19)28(22(12-50)52-2)20-8-14-4-6-15(9-17(14)25(20)27)23-29(39)33(43)37(47)34(44)30(23)40/h3-6,9-10H,7-8H2/b27-21-,28-22+. The van der Waals surface area contributed by atoms with Crippen molar-refractivity contribution < 1.29 is 43.9 Å². The van der Waals surface area contributed by atoms with Crippen LogP contribution in [-0.2, 0) is 12.8 Å². The van der Waals surface area contributed by atoms with Crippen molar-refractivity contribution in [2.24, 2.45) is 0 Å². The first-order valence-corrected chi connectivity index (χ1v) is 14.6. The molecule has 5 aromatic rings. The highest BCUT2D eigenvalue weighted by Gasteiger charge is 2.34. The van der Waals surface area contributed by atoms with Crippen molar-refractivity contribution in [1.82, 2.24) is 0 Å². The average molecular weight is 713 g/mol. The van der Waals surface area contributed by atoms with Crippen LogP contribution in [0.1, 0.15) is 22.3 Å². The largest absolute Gasteiger partial charge is 0.269 e. The highest BCUT2D eigenvalue weighted by molar-refractivity contribution is 5.94. The summed E-state index contributed by atoms with van der Waals surface area (Å²) in [6, 6.07) is 10.5. The van der Waals surface area contributed by atoms with Crippen molar-refractivity contribution in [3.63, 3.8) is 0 Å². The van der Waals surface area contributed by atoms with Crippen LogP contribution in [0.2, 0.25) is 0 Å². The van der Waals surface area contributed by atoms with E-state index in [1.807, 2.05) is 0 Å². The predicted octanol–water partition coefficient (Wildman–Crippen LogP) is 8.66. The molecule has 0 saturated carbocycles. The third-order valence-corrected chi connectivity index (χ3v) is 9.11. The first-order valence-electron chi connectivity index (χ1n) is 14.6. The van der Waals surface area contributed by atoms with Gasteiger partial charge in [-0.25, -0.2) is 64.1 Å². The first kappa shape index (κ1) is 33.6. The van der Waals surface area contributed by atoms with Crippen molar-refractivity contribution >= 4 is 11.4 Å². The van der Waals surface area contributed by atoms with Gasteiger partial charge in [0.1, 0.15) is 0 Å². The molecule has 0 heterocycles. The second-order valence-corrected chi connectivity index (χ2v) is 11.6. The Morgan fingerprint density at radius 1 is 0.481 bits per heavy atom. The lowest BCUT2D eigenvalue weighted by molar-refractivity contribution is 0.381. The van der Waals surface area contributed by atoms with Gasteiger partial charge in [-0.1, -0.05) is 24.3 Å². The summed E-state index contributed by atoms with van der Waals surface area (Å²) in [5.74, 6) is -22.0. The van der Waals surface area contributed by atoms with E-state index < -0.39 is 91.8 Å².